The van der Waals surface area contributed by atoms with Gasteiger partial charge in [-0.05, 0) is 19.1 Å². The van der Waals surface area contributed by atoms with Crippen molar-refractivity contribution in [3.8, 4) is 11.5 Å². The lowest BCUT2D eigenvalue weighted by Gasteiger charge is -2.10. The van der Waals surface area contributed by atoms with Crippen LogP contribution in [0.2, 0.25) is 0 Å². The Morgan fingerprint density at radius 3 is 2.64 bits per heavy atom. The van der Waals surface area contributed by atoms with Gasteiger partial charge in [0.2, 0.25) is 0 Å². The lowest BCUT2D eigenvalue weighted by Crippen LogP contribution is -2.22. The summed E-state index contributed by atoms with van der Waals surface area (Å²) in [7, 11) is 3.18. The number of hydrogen-bond acceptors (Lipinski definition) is 5. The molecule has 0 aliphatic rings. The summed E-state index contributed by atoms with van der Waals surface area (Å²) in [6.45, 7) is 2.47. The molecule has 120 valence electrons. The highest BCUT2D eigenvalue weighted by atomic mass is 127. The highest BCUT2D eigenvalue weighted by Gasteiger charge is 2.05. The molecule has 1 aromatic carbocycles. The molecule has 0 unspecified atom stereocenters. The molecular weight excluding hydrogens is 415 g/mol. The monoisotopic (exact) mass is 434 g/mol. The first kappa shape index (κ1) is 18.5. The third kappa shape index (κ3) is 5.02. The summed E-state index contributed by atoms with van der Waals surface area (Å²) in [5, 5.41) is 3.95. The van der Waals surface area contributed by atoms with Crippen molar-refractivity contribution in [1.82, 2.24) is 4.98 Å². The van der Waals surface area contributed by atoms with E-state index >= 15 is 0 Å². The molecule has 1 aromatic heterocycles. The van der Waals surface area contributed by atoms with Gasteiger partial charge in [-0.15, -0.1) is 35.3 Å². The maximum atomic E-state index is 5.87. The third-order valence-corrected chi connectivity index (χ3v) is 3.61. The van der Waals surface area contributed by atoms with Crippen LogP contribution < -0.4 is 20.5 Å². The van der Waals surface area contributed by atoms with Gasteiger partial charge in [-0.2, -0.15) is 0 Å². The molecule has 1 heterocycles. The number of nitrogens with zero attached hydrogens (tertiary/aromatic N) is 2. The second kappa shape index (κ2) is 8.79. The van der Waals surface area contributed by atoms with E-state index in [4.69, 9.17) is 15.2 Å². The quantitative estimate of drug-likeness (QED) is 0.430. The van der Waals surface area contributed by atoms with Crippen molar-refractivity contribution in [3.05, 3.63) is 34.3 Å². The Hall–Kier alpha value is -1.55. The standard InChI is InChI=1S/C14H18N4O2S.HI/c1-9-7-16-13(21-9)8-17-14(15)18-10-4-5-11(19-2)12(6-10)20-3;/h4-7H,8H2,1-3H3,(H3,15,17,18);1H. The number of nitrogens with one attached hydrogen (secondary N) is 1. The molecule has 3 N–H and O–H groups in total. The average Bonchev–Trinajstić information content (AvgIpc) is 2.90. The minimum absolute atomic E-state index is 0. The molecule has 0 aliphatic heterocycles. The molecule has 2 rings (SSSR count). The van der Waals surface area contributed by atoms with Crippen LogP contribution in [0.25, 0.3) is 0 Å². The largest absolute Gasteiger partial charge is 0.493 e. The topological polar surface area (TPSA) is 81.8 Å². The van der Waals surface area contributed by atoms with Crippen LogP contribution in [0.3, 0.4) is 0 Å². The van der Waals surface area contributed by atoms with Crippen molar-refractivity contribution in [3.63, 3.8) is 0 Å². The first-order valence-electron chi connectivity index (χ1n) is 6.32. The van der Waals surface area contributed by atoms with Gasteiger partial charge in [0.25, 0.3) is 0 Å². The fourth-order valence-electron chi connectivity index (χ4n) is 1.73. The van der Waals surface area contributed by atoms with Crippen molar-refractivity contribution in [2.24, 2.45) is 10.7 Å². The Labute approximate surface area is 150 Å². The minimum Gasteiger partial charge on any atom is -0.493 e. The van der Waals surface area contributed by atoms with E-state index in [9.17, 15) is 0 Å². The van der Waals surface area contributed by atoms with E-state index in [0.29, 0.717) is 24.0 Å². The molecule has 0 spiro atoms. The molecule has 0 bridgehead atoms. The van der Waals surface area contributed by atoms with Gasteiger partial charge in [0.1, 0.15) is 5.01 Å². The maximum absolute atomic E-state index is 5.87. The van der Waals surface area contributed by atoms with E-state index in [0.717, 1.165) is 15.6 Å². The van der Waals surface area contributed by atoms with E-state index in [-0.39, 0.29) is 24.0 Å². The number of nitrogens with two attached hydrogens (primary N) is 1. The zero-order valence-electron chi connectivity index (χ0n) is 12.6. The summed E-state index contributed by atoms with van der Waals surface area (Å²) in [5.41, 5.74) is 6.65. The number of ether oxygens (including phenoxy) is 2. The van der Waals surface area contributed by atoms with E-state index in [1.54, 1.807) is 37.7 Å². The number of rotatable bonds is 5. The van der Waals surface area contributed by atoms with Gasteiger partial charge < -0.3 is 20.5 Å². The van der Waals surface area contributed by atoms with Gasteiger partial charge in [-0.1, -0.05) is 0 Å². The normalized spacial score (nSPS) is 10.8. The van der Waals surface area contributed by atoms with Crippen molar-refractivity contribution >= 4 is 47.0 Å². The first-order chi connectivity index (χ1) is 10.1. The minimum atomic E-state index is 0. The summed E-state index contributed by atoms with van der Waals surface area (Å²) in [5.74, 6) is 1.62. The second-order valence-electron chi connectivity index (χ2n) is 4.26. The van der Waals surface area contributed by atoms with Crippen LogP contribution in [0.4, 0.5) is 5.69 Å². The van der Waals surface area contributed by atoms with Crippen LogP contribution in [0, 0.1) is 6.92 Å². The zero-order valence-corrected chi connectivity index (χ0v) is 15.8. The number of methoxy groups -OCH3 is 2. The van der Waals surface area contributed by atoms with Crippen molar-refractivity contribution < 1.29 is 9.47 Å². The van der Waals surface area contributed by atoms with Crippen molar-refractivity contribution in [1.29, 1.82) is 0 Å². The molecule has 0 aliphatic carbocycles. The number of hydrogen-bond donors (Lipinski definition) is 2. The van der Waals surface area contributed by atoms with E-state index in [1.165, 1.54) is 0 Å². The van der Waals surface area contributed by atoms with Crippen LogP contribution in [-0.4, -0.2) is 25.2 Å². The van der Waals surface area contributed by atoms with Crippen molar-refractivity contribution in [2.45, 2.75) is 13.5 Å². The SMILES string of the molecule is COc1ccc(NC(N)=NCc2ncc(C)s2)cc1OC.I. The van der Waals surface area contributed by atoms with Crippen LogP contribution in [0.5, 0.6) is 11.5 Å². The predicted molar refractivity (Wildman–Crippen MR) is 101 cm³/mol. The Balaban J connectivity index is 0.00000242. The van der Waals surface area contributed by atoms with Gasteiger partial charge in [-0.25, -0.2) is 9.98 Å². The van der Waals surface area contributed by atoms with Crippen molar-refractivity contribution in [2.75, 3.05) is 19.5 Å². The third-order valence-electron chi connectivity index (χ3n) is 2.71. The number of guanidine groups is 1. The fourth-order valence-corrected chi connectivity index (χ4v) is 2.44. The summed E-state index contributed by atoms with van der Waals surface area (Å²) >= 11 is 1.61. The van der Waals surface area contributed by atoms with Gasteiger partial charge >= 0.3 is 0 Å². The Morgan fingerprint density at radius 1 is 1.32 bits per heavy atom. The molecule has 6 nitrogen and oxygen atoms in total. The highest BCUT2D eigenvalue weighted by molar-refractivity contribution is 14.0. The summed E-state index contributed by atoms with van der Waals surface area (Å²) in [6, 6.07) is 5.45. The van der Waals surface area contributed by atoms with E-state index in [2.05, 4.69) is 15.3 Å². The number of anilines is 1. The Morgan fingerprint density at radius 2 is 2.05 bits per heavy atom. The lowest BCUT2D eigenvalue weighted by atomic mass is 10.3. The van der Waals surface area contributed by atoms with Crippen LogP contribution in [-0.2, 0) is 6.54 Å². The molecule has 8 heteroatoms. The summed E-state index contributed by atoms with van der Waals surface area (Å²) in [6.07, 6.45) is 1.83. The molecule has 0 amide bonds. The summed E-state index contributed by atoms with van der Waals surface area (Å²) < 4.78 is 10.4. The van der Waals surface area contributed by atoms with Gasteiger partial charge in [0, 0.05) is 22.8 Å². The predicted octanol–water partition coefficient (Wildman–Crippen LogP) is 3.01. The maximum Gasteiger partial charge on any atom is 0.193 e. The van der Waals surface area contributed by atoms with Gasteiger partial charge in [0.15, 0.2) is 17.5 Å². The smallest absolute Gasteiger partial charge is 0.193 e. The van der Waals surface area contributed by atoms with Gasteiger partial charge in [-0.3, -0.25) is 0 Å². The lowest BCUT2D eigenvalue weighted by molar-refractivity contribution is 0.355. The molecule has 0 fully saturated rings. The molecule has 2 aromatic rings. The van der Waals surface area contributed by atoms with Gasteiger partial charge in [0.05, 0.1) is 20.8 Å². The van der Waals surface area contributed by atoms with Crippen LogP contribution in [0.1, 0.15) is 9.88 Å². The average molecular weight is 434 g/mol. The molecular formula is C14H19IN4O2S. The number of aryl methyl sites for hydroxylation is 1. The molecule has 0 radical (unpaired) electrons. The highest BCUT2D eigenvalue weighted by Crippen LogP contribution is 2.29. The fraction of sp³-hybridized carbons (Fsp3) is 0.286. The molecule has 0 saturated heterocycles. The number of benzene rings is 1. The number of thiazole rings is 1. The summed E-state index contributed by atoms with van der Waals surface area (Å²) in [4.78, 5) is 9.66. The van der Waals surface area contributed by atoms with Crippen LogP contribution >= 0.6 is 35.3 Å². The second-order valence-corrected chi connectivity index (χ2v) is 5.58. The molecule has 22 heavy (non-hydrogen) atoms. The van der Waals surface area contributed by atoms with E-state index < -0.39 is 0 Å². The first-order valence-corrected chi connectivity index (χ1v) is 7.14. The number of halogens is 1. The number of aliphatic imine (C=N–C) groups is 1. The van der Waals surface area contributed by atoms with Crippen LogP contribution in [0.15, 0.2) is 29.4 Å². The Kier molecular flexibility index (Phi) is 7.39. The zero-order chi connectivity index (χ0) is 15.2. The molecule has 0 atom stereocenters. The molecule has 0 saturated carbocycles. The Bertz CT molecular complexity index is 646. The number of aromatic nitrogens is 1. The van der Waals surface area contributed by atoms with E-state index in [1.807, 2.05) is 19.2 Å².